The molecule has 0 heterocycles. The van der Waals surface area contributed by atoms with Crippen LogP contribution < -0.4 is 0 Å². The SMILES string of the molecule is [CH2-]C1C(=O)CCC1C.[U+2]. The number of rotatable bonds is 0. The van der Waals surface area contributed by atoms with Gasteiger partial charge in [0.15, 0.2) is 0 Å². The Hall–Kier alpha value is 0.722. The molecule has 2 heteroatoms. The zero-order valence-corrected chi connectivity index (χ0v) is 9.85. The molecule has 0 aromatic carbocycles. The smallest absolute Gasteiger partial charge is 0.333 e. The van der Waals surface area contributed by atoms with E-state index < -0.39 is 0 Å². The first kappa shape index (κ1) is 9.72. The van der Waals surface area contributed by atoms with Crippen LogP contribution in [0.25, 0.3) is 0 Å². The van der Waals surface area contributed by atoms with Gasteiger partial charge in [-0.1, -0.05) is 12.8 Å². The third kappa shape index (κ3) is 2.09. The Morgan fingerprint density at radius 3 is 2.33 bits per heavy atom. The molecule has 1 fully saturated rings. The van der Waals surface area contributed by atoms with Gasteiger partial charge in [-0.2, -0.15) is 0 Å². The molecule has 48 valence electrons. The van der Waals surface area contributed by atoms with Crippen LogP contribution in [0.5, 0.6) is 0 Å². The van der Waals surface area contributed by atoms with E-state index in [2.05, 4.69) is 13.8 Å². The normalized spacial score (nSPS) is 34.2. The van der Waals surface area contributed by atoms with Crippen molar-refractivity contribution >= 4 is 5.78 Å². The summed E-state index contributed by atoms with van der Waals surface area (Å²) >= 11 is 0. The van der Waals surface area contributed by atoms with Gasteiger partial charge >= 0.3 is 31.1 Å². The maximum Gasteiger partial charge on any atom is 2.00 e. The topological polar surface area (TPSA) is 17.1 Å². The Kier molecular flexibility index (Phi) is 4.09. The quantitative estimate of drug-likeness (QED) is 0.605. The van der Waals surface area contributed by atoms with E-state index in [4.69, 9.17) is 0 Å². The monoisotopic (exact) mass is 349 g/mol. The van der Waals surface area contributed by atoms with Crippen molar-refractivity contribution in [2.75, 3.05) is 0 Å². The van der Waals surface area contributed by atoms with Crippen molar-refractivity contribution in [1.82, 2.24) is 0 Å². The molecule has 9 heavy (non-hydrogen) atoms. The average Bonchev–Trinajstić information content (AvgIpc) is 1.98. The Labute approximate surface area is 80.0 Å². The van der Waals surface area contributed by atoms with Gasteiger partial charge < -0.3 is 11.7 Å². The van der Waals surface area contributed by atoms with E-state index in [-0.39, 0.29) is 37.0 Å². The zero-order valence-electron chi connectivity index (χ0n) is 5.68. The number of hydrogen-bond donors (Lipinski definition) is 0. The molecule has 0 amide bonds. The van der Waals surface area contributed by atoms with Crippen molar-refractivity contribution < 1.29 is 35.9 Å². The van der Waals surface area contributed by atoms with Crippen molar-refractivity contribution in [3.63, 3.8) is 0 Å². The van der Waals surface area contributed by atoms with E-state index >= 15 is 0 Å². The number of carbonyl (C=O) groups is 1. The molecular formula is C7H11OU+. The van der Waals surface area contributed by atoms with E-state index in [1.165, 1.54) is 0 Å². The average molecular weight is 349 g/mol. The number of hydrogen-bond acceptors (Lipinski definition) is 1. The largest absolute Gasteiger partial charge is 2.00 e. The molecule has 1 aliphatic carbocycles. The summed E-state index contributed by atoms with van der Waals surface area (Å²) in [6, 6.07) is 0. The Morgan fingerprint density at radius 2 is 2.22 bits per heavy atom. The summed E-state index contributed by atoms with van der Waals surface area (Å²) in [5.74, 6) is 0.968. The summed E-state index contributed by atoms with van der Waals surface area (Å²) < 4.78 is 0. The van der Waals surface area contributed by atoms with Crippen molar-refractivity contribution in [1.29, 1.82) is 0 Å². The van der Waals surface area contributed by atoms with Gasteiger partial charge in [-0.3, -0.25) is 0 Å². The predicted molar refractivity (Wildman–Crippen MR) is 32.3 cm³/mol. The first-order valence-corrected chi connectivity index (χ1v) is 3.07. The molecule has 1 nitrogen and oxygen atoms in total. The van der Waals surface area contributed by atoms with Crippen LogP contribution in [0.3, 0.4) is 0 Å². The molecule has 2 atom stereocenters. The van der Waals surface area contributed by atoms with Gasteiger partial charge in [0.1, 0.15) is 5.78 Å². The fourth-order valence-electron chi connectivity index (χ4n) is 1.07. The van der Waals surface area contributed by atoms with Gasteiger partial charge in [0.25, 0.3) is 0 Å². The minimum atomic E-state index is 0. The van der Waals surface area contributed by atoms with Crippen LogP contribution in [0.4, 0.5) is 0 Å². The minimum absolute atomic E-state index is 0. The van der Waals surface area contributed by atoms with Crippen molar-refractivity contribution in [3.05, 3.63) is 6.92 Å². The summed E-state index contributed by atoms with van der Waals surface area (Å²) in [4.78, 5) is 10.7. The van der Waals surface area contributed by atoms with Crippen molar-refractivity contribution in [3.8, 4) is 0 Å². The van der Waals surface area contributed by atoms with Crippen LogP contribution in [0.1, 0.15) is 19.8 Å². The summed E-state index contributed by atoms with van der Waals surface area (Å²) in [6.45, 7) is 5.84. The maximum absolute atomic E-state index is 10.7. The third-order valence-electron chi connectivity index (χ3n) is 1.95. The molecule has 1 rings (SSSR count). The first-order valence-electron chi connectivity index (χ1n) is 3.07. The van der Waals surface area contributed by atoms with Crippen LogP contribution in [-0.2, 0) is 4.79 Å². The second-order valence-electron chi connectivity index (χ2n) is 2.59. The van der Waals surface area contributed by atoms with Crippen LogP contribution >= 0.6 is 0 Å². The maximum atomic E-state index is 10.7. The van der Waals surface area contributed by atoms with E-state index in [0.717, 1.165) is 12.8 Å². The van der Waals surface area contributed by atoms with E-state index in [9.17, 15) is 4.79 Å². The minimum Gasteiger partial charge on any atom is -0.333 e. The second-order valence-corrected chi connectivity index (χ2v) is 2.59. The van der Waals surface area contributed by atoms with E-state index in [1.54, 1.807) is 0 Å². The van der Waals surface area contributed by atoms with Gasteiger partial charge in [-0.05, 0) is 6.42 Å². The Balaban J connectivity index is 0.000000640. The summed E-state index contributed by atoms with van der Waals surface area (Å²) in [7, 11) is 0. The molecule has 0 saturated heterocycles. The van der Waals surface area contributed by atoms with Gasteiger partial charge in [-0.15, -0.1) is 5.92 Å². The van der Waals surface area contributed by atoms with Crippen molar-refractivity contribution in [2.24, 2.45) is 11.8 Å². The molecule has 2 unspecified atom stereocenters. The molecule has 1 aliphatic rings. The summed E-state index contributed by atoms with van der Waals surface area (Å²) in [5.41, 5.74) is 0. The van der Waals surface area contributed by atoms with Gasteiger partial charge in [0.2, 0.25) is 0 Å². The zero-order chi connectivity index (χ0) is 6.15. The molecule has 0 N–H and O–H groups in total. The fraction of sp³-hybridized carbons (Fsp3) is 0.714. The number of carbonyl (C=O) groups excluding carboxylic acids is 1. The number of ketones is 1. The van der Waals surface area contributed by atoms with Gasteiger partial charge in [-0.25, -0.2) is 0 Å². The standard InChI is InChI=1S/C7H11O.U/c1-5-3-4-7(8)6(5)2;/h5-6H,2-4H2,1H3;/q-1;+2. The number of Topliss-reactive ketones (excluding diaryl/α,β-unsaturated/α-hetero) is 1. The molecule has 0 radical (unpaired) electrons. The molecule has 0 aromatic heterocycles. The fourth-order valence-corrected chi connectivity index (χ4v) is 1.07. The molecule has 1 saturated carbocycles. The predicted octanol–water partition coefficient (Wildman–Crippen LogP) is 1.44. The second kappa shape index (κ2) is 3.79. The van der Waals surface area contributed by atoms with Crippen LogP contribution in [-0.4, -0.2) is 5.78 Å². The summed E-state index contributed by atoms with van der Waals surface area (Å²) in [5, 5.41) is 0. The molecule has 0 aromatic rings. The molecule has 0 aliphatic heterocycles. The van der Waals surface area contributed by atoms with E-state index in [1.807, 2.05) is 0 Å². The van der Waals surface area contributed by atoms with Crippen LogP contribution in [0, 0.1) is 49.9 Å². The van der Waals surface area contributed by atoms with Crippen molar-refractivity contribution in [2.45, 2.75) is 19.8 Å². The first-order chi connectivity index (χ1) is 3.72. The van der Waals surface area contributed by atoms with Crippen LogP contribution in [0.15, 0.2) is 0 Å². The van der Waals surface area contributed by atoms with E-state index in [0.29, 0.717) is 11.7 Å². The van der Waals surface area contributed by atoms with Gasteiger partial charge in [0, 0.05) is 6.42 Å². The van der Waals surface area contributed by atoms with Gasteiger partial charge in [0.05, 0.1) is 0 Å². The Morgan fingerprint density at radius 1 is 1.67 bits per heavy atom. The Bertz CT molecular complexity index is 111. The molecule has 0 spiro atoms. The molecular weight excluding hydrogens is 338 g/mol. The summed E-state index contributed by atoms with van der Waals surface area (Å²) in [6.07, 6.45) is 1.81. The molecule has 0 bridgehead atoms. The third-order valence-corrected chi connectivity index (χ3v) is 1.95. The van der Waals surface area contributed by atoms with Crippen LogP contribution in [0.2, 0.25) is 0 Å².